The zero-order chi connectivity index (χ0) is 16.1. The summed E-state index contributed by atoms with van der Waals surface area (Å²) in [5, 5.41) is 7.00. The van der Waals surface area contributed by atoms with Gasteiger partial charge in [-0.25, -0.2) is 4.79 Å². The number of carbonyl (C=O) groups excluding carboxylic acids is 2. The number of para-hydroxylation sites is 1. The maximum atomic E-state index is 11.6. The van der Waals surface area contributed by atoms with E-state index in [0.717, 1.165) is 0 Å². The van der Waals surface area contributed by atoms with Crippen molar-refractivity contribution in [3.8, 4) is 0 Å². The van der Waals surface area contributed by atoms with Crippen LogP contribution in [0.2, 0.25) is 0 Å². The smallest absolute Gasteiger partial charge is 0.349 e. The van der Waals surface area contributed by atoms with E-state index >= 15 is 0 Å². The van der Waals surface area contributed by atoms with Crippen molar-refractivity contribution in [3.63, 3.8) is 0 Å². The van der Waals surface area contributed by atoms with Crippen LogP contribution in [0.5, 0.6) is 0 Å². The molecule has 8 heteroatoms. The fourth-order valence-corrected chi connectivity index (χ4v) is 1.90. The lowest BCUT2D eigenvalue weighted by Crippen LogP contribution is -2.14. The van der Waals surface area contributed by atoms with Crippen LogP contribution < -0.4 is 5.32 Å². The van der Waals surface area contributed by atoms with Gasteiger partial charge in [0.1, 0.15) is 23.1 Å². The number of oxime groups is 1. The number of furan rings is 1. The van der Waals surface area contributed by atoms with Gasteiger partial charge in [-0.05, 0) is 19.1 Å². The number of hydrogen-bond acceptors (Lipinski definition) is 5. The van der Waals surface area contributed by atoms with Crippen LogP contribution >= 0.6 is 23.2 Å². The number of anilines is 1. The monoisotopic (exact) mass is 342 g/mol. The molecule has 1 N–H and O–H groups in total. The molecule has 1 aromatic carbocycles. The van der Waals surface area contributed by atoms with E-state index in [9.17, 15) is 9.59 Å². The molecule has 0 aliphatic carbocycles. The highest BCUT2D eigenvalue weighted by atomic mass is 35.5. The summed E-state index contributed by atoms with van der Waals surface area (Å²) in [4.78, 5) is 27.2. The van der Waals surface area contributed by atoms with Crippen LogP contribution in [0.1, 0.15) is 12.7 Å². The maximum Gasteiger partial charge on any atom is 0.349 e. The SMILES string of the molecule is C/C(=N\OC(=O)CCl)c1oc2ccccc2c1NC(=O)CCl. The molecule has 2 rings (SSSR count). The van der Waals surface area contributed by atoms with Gasteiger partial charge < -0.3 is 14.6 Å². The second kappa shape index (κ2) is 7.29. The highest BCUT2D eigenvalue weighted by molar-refractivity contribution is 6.30. The van der Waals surface area contributed by atoms with Gasteiger partial charge in [-0.3, -0.25) is 4.79 Å². The fourth-order valence-electron chi connectivity index (χ4n) is 1.78. The van der Waals surface area contributed by atoms with E-state index < -0.39 is 5.97 Å². The summed E-state index contributed by atoms with van der Waals surface area (Å²) in [6.07, 6.45) is 0. The number of nitrogens with zero attached hydrogens (tertiary/aromatic N) is 1. The first-order valence-corrected chi connectivity index (χ1v) is 7.31. The Kier molecular flexibility index (Phi) is 5.41. The van der Waals surface area contributed by atoms with Crippen LogP contribution in [0.15, 0.2) is 33.8 Å². The van der Waals surface area contributed by atoms with Gasteiger partial charge >= 0.3 is 5.97 Å². The standard InChI is InChI=1S/C14H12Cl2N2O4/c1-8(18-22-12(20)7-16)14-13(17-11(19)6-15)9-4-2-3-5-10(9)21-14/h2-5H,6-7H2,1H3,(H,17,19)/b18-8+. The van der Waals surface area contributed by atoms with Gasteiger partial charge in [0.25, 0.3) is 0 Å². The van der Waals surface area contributed by atoms with Crippen molar-refractivity contribution in [1.82, 2.24) is 0 Å². The molecule has 0 aliphatic heterocycles. The molecule has 116 valence electrons. The quantitative estimate of drug-likeness (QED) is 0.391. The van der Waals surface area contributed by atoms with Crippen molar-refractivity contribution in [1.29, 1.82) is 0 Å². The Morgan fingerprint density at radius 2 is 2.00 bits per heavy atom. The van der Waals surface area contributed by atoms with E-state index in [-0.39, 0.29) is 29.1 Å². The second-order valence-corrected chi connectivity index (χ2v) is 4.79. The van der Waals surface area contributed by atoms with Crippen LogP contribution in [-0.4, -0.2) is 29.3 Å². The van der Waals surface area contributed by atoms with Gasteiger partial charge in [0.2, 0.25) is 5.91 Å². The predicted molar refractivity (Wildman–Crippen MR) is 84.6 cm³/mol. The van der Waals surface area contributed by atoms with E-state index in [1.807, 2.05) is 0 Å². The second-order valence-electron chi connectivity index (χ2n) is 4.26. The molecule has 2 aromatic rings. The van der Waals surface area contributed by atoms with Crippen molar-refractivity contribution in [2.75, 3.05) is 17.1 Å². The van der Waals surface area contributed by atoms with Crippen LogP contribution in [0.25, 0.3) is 11.0 Å². The Morgan fingerprint density at radius 1 is 1.27 bits per heavy atom. The van der Waals surface area contributed by atoms with Crippen molar-refractivity contribution >= 4 is 57.4 Å². The molecular formula is C14H12Cl2N2O4. The molecule has 0 bridgehead atoms. The number of halogens is 2. The van der Waals surface area contributed by atoms with E-state index in [4.69, 9.17) is 27.6 Å². The number of benzene rings is 1. The lowest BCUT2D eigenvalue weighted by molar-refractivity contribution is -0.140. The predicted octanol–water partition coefficient (Wildman–Crippen LogP) is 3.12. The normalized spacial score (nSPS) is 11.5. The minimum absolute atomic E-state index is 0.198. The Bertz CT molecular complexity index is 740. The third-order valence-electron chi connectivity index (χ3n) is 2.70. The molecule has 0 spiro atoms. The van der Waals surface area contributed by atoms with Crippen LogP contribution in [0, 0.1) is 0 Å². The summed E-state index contributed by atoms with van der Waals surface area (Å²) in [5.41, 5.74) is 1.25. The highest BCUT2D eigenvalue weighted by Gasteiger charge is 2.19. The van der Waals surface area contributed by atoms with E-state index in [1.165, 1.54) is 0 Å². The average molecular weight is 343 g/mol. The lowest BCUT2D eigenvalue weighted by atomic mass is 10.2. The Balaban J connectivity index is 2.45. The summed E-state index contributed by atoms with van der Waals surface area (Å²) in [6.45, 7) is 1.58. The first-order chi connectivity index (χ1) is 10.6. The van der Waals surface area contributed by atoms with Crippen molar-refractivity contribution in [3.05, 3.63) is 30.0 Å². The number of amides is 1. The lowest BCUT2D eigenvalue weighted by Gasteiger charge is -2.04. The van der Waals surface area contributed by atoms with Gasteiger partial charge in [-0.15, -0.1) is 23.2 Å². The first kappa shape index (κ1) is 16.3. The zero-order valence-electron chi connectivity index (χ0n) is 11.6. The molecule has 0 atom stereocenters. The zero-order valence-corrected chi connectivity index (χ0v) is 13.1. The molecule has 1 aromatic heterocycles. The Hall–Kier alpha value is -2.05. The van der Waals surface area contributed by atoms with Crippen LogP contribution in [-0.2, 0) is 14.4 Å². The highest BCUT2D eigenvalue weighted by Crippen LogP contribution is 2.31. The largest absolute Gasteiger partial charge is 0.452 e. The summed E-state index contributed by atoms with van der Waals surface area (Å²) >= 11 is 10.8. The summed E-state index contributed by atoms with van der Waals surface area (Å²) in [5.74, 6) is -1.31. The van der Waals surface area contributed by atoms with Gasteiger partial charge in [0, 0.05) is 5.39 Å². The number of carbonyl (C=O) groups is 2. The number of nitrogens with one attached hydrogen (secondary N) is 1. The molecule has 0 radical (unpaired) electrons. The van der Waals surface area contributed by atoms with Crippen molar-refractivity contribution in [2.24, 2.45) is 5.16 Å². The number of rotatable bonds is 5. The van der Waals surface area contributed by atoms with Gasteiger partial charge in [0.15, 0.2) is 5.76 Å². The number of alkyl halides is 2. The summed E-state index contributed by atoms with van der Waals surface area (Å²) in [6, 6.07) is 7.12. The van der Waals surface area contributed by atoms with Crippen molar-refractivity contribution < 1.29 is 18.8 Å². The molecule has 1 heterocycles. The molecule has 22 heavy (non-hydrogen) atoms. The van der Waals surface area contributed by atoms with Gasteiger partial charge in [0.05, 0.1) is 5.69 Å². The summed E-state index contributed by atoms with van der Waals surface area (Å²) < 4.78 is 5.66. The molecular weight excluding hydrogens is 331 g/mol. The van der Waals surface area contributed by atoms with E-state index in [0.29, 0.717) is 16.7 Å². The topological polar surface area (TPSA) is 80.9 Å². The van der Waals surface area contributed by atoms with Crippen molar-refractivity contribution in [2.45, 2.75) is 6.92 Å². The molecule has 1 amide bonds. The van der Waals surface area contributed by atoms with E-state index in [2.05, 4.69) is 15.3 Å². The minimum atomic E-state index is -0.691. The third kappa shape index (κ3) is 3.58. The Morgan fingerprint density at radius 3 is 2.68 bits per heavy atom. The molecule has 0 unspecified atom stereocenters. The fraction of sp³-hybridized carbons (Fsp3) is 0.214. The maximum absolute atomic E-state index is 11.6. The third-order valence-corrected chi connectivity index (χ3v) is 3.16. The number of fused-ring (bicyclic) bond motifs is 1. The molecule has 0 fully saturated rings. The van der Waals surface area contributed by atoms with Crippen LogP contribution in [0.4, 0.5) is 5.69 Å². The van der Waals surface area contributed by atoms with Gasteiger partial charge in [-0.1, -0.05) is 17.3 Å². The molecule has 0 aliphatic rings. The van der Waals surface area contributed by atoms with Gasteiger partial charge in [-0.2, -0.15) is 0 Å². The molecule has 0 saturated heterocycles. The average Bonchev–Trinajstić information content (AvgIpc) is 2.90. The molecule has 0 saturated carbocycles. The summed E-state index contributed by atoms with van der Waals surface area (Å²) in [7, 11) is 0. The number of hydrogen-bond donors (Lipinski definition) is 1. The minimum Gasteiger partial charge on any atom is -0.452 e. The first-order valence-electron chi connectivity index (χ1n) is 6.25. The Labute approximate surface area is 136 Å². The van der Waals surface area contributed by atoms with Crippen LogP contribution in [0.3, 0.4) is 0 Å². The van der Waals surface area contributed by atoms with E-state index in [1.54, 1.807) is 31.2 Å². The molecule has 6 nitrogen and oxygen atoms in total.